The summed E-state index contributed by atoms with van der Waals surface area (Å²) < 4.78 is 6.66. The van der Waals surface area contributed by atoms with Crippen LogP contribution in [0, 0.1) is 0 Å². The van der Waals surface area contributed by atoms with Crippen LogP contribution in [-0.2, 0) is 6.54 Å². The first-order valence-corrected chi connectivity index (χ1v) is 6.68. The van der Waals surface area contributed by atoms with Gasteiger partial charge in [0, 0.05) is 23.4 Å². The summed E-state index contributed by atoms with van der Waals surface area (Å²) in [5.41, 5.74) is 2.35. The Morgan fingerprint density at radius 1 is 1.28 bits per heavy atom. The highest BCUT2D eigenvalue weighted by Crippen LogP contribution is 2.31. The topological polar surface area (TPSA) is 25.4 Å². The van der Waals surface area contributed by atoms with E-state index in [9.17, 15) is 0 Å². The summed E-state index contributed by atoms with van der Waals surface area (Å²) in [6, 6.07) is 10.3. The number of anilines is 1. The van der Waals surface area contributed by atoms with E-state index in [1.807, 2.05) is 24.4 Å². The van der Waals surface area contributed by atoms with E-state index >= 15 is 0 Å². The van der Waals surface area contributed by atoms with Crippen LogP contribution in [0.2, 0.25) is 0 Å². The Bertz CT molecular complexity index is 559. The van der Waals surface area contributed by atoms with E-state index in [1.54, 1.807) is 6.20 Å². The van der Waals surface area contributed by atoms with Gasteiger partial charge < -0.3 is 9.64 Å². The number of halogens is 1. The number of pyridine rings is 1. The lowest BCUT2D eigenvalue weighted by Crippen LogP contribution is -2.32. The molecule has 0 saturated carbocycles. The smallest absolute Gasteiger partial charge is 0.142 e. The lowest BCUT2D eigenvalue weighted by atomic mass is 10.2. The molecule has 0 fully saturated rings. The van der Waals surface area contributed by atoms with E-state index in [-0.39, 0.29) is 0 Å². The van der Waals surface area contributed by atoms with Gasteiger partial charge in [-0.25, -0.2) is 0 Å². The summed E-state index contributed by atoms with van der Waals surface area (Å²) in [6.07, 6.45) is 3.71. The minimum Gasteiger partial charge on any atom is -0.490 e. The number of benzene rings is 1. The number of aromatic nitrogens is 1. The largest absolute Gasteiger partial charge is 0.490 e. The SMILES string of the molecule is Brc1cncc(CN2CCOc3ccccc32)c1. The number of fused-ring (bicyclic) bond motifs is 1. The predicted octanol–water partition coefficient (Wildman–Crippen LogP) is 3.24. The van der Waals surface area contributed by atoms with E-state index in [2.05, 4.69) is 37.9 Å². The Labute approximate surface area is 115 Å². The maximum Gasteiger partial charge on any atom is 0.142 e. The molecule has 1 aromatic heterocycles. The number of hydrogen-bond acceptors (Lipinski definition) is 3. The van der Waals surface area contributed by atoms with E-state index in [1.165, 1.54) is 5.56 Å². The zero-order valence-corrected chi connectivity index (χ0v) is 11.4. The number of ether oxygens (including phenoxy) is 1. The second-order valence-corrected chi connectivity index (χ2v) is 5.16. The van der Waals surface area contributed by atoms with Gasteiger partial charge >= 0.3 is 0 Å². The van der Waals surface area contributed by atoms with Gasteiger partial charge in [-0.2, -0.15) is 0 Å². The van der Waals surface area contributed by atoms with Gasteiger partial charge in [-0.1, -0.05) is 12.1 Å². The van der Waals surface area contributed by atoms with Crippen molar-refractivity contribution in [3.8, 4) is 5.75 Å². The first-order chi connectivity index (χ1) is 8.83. The third-order valence-electron chi connectivity index (χ3n) is 2.96. The second-order valence-electron chi connectivity index (χ2n) is 4.25. The van der Waals surface area contributed by atoms with Crippen LogP contribution >= 0.6 is 15.9 Å². The molecule has 92 valence electrons. The summed E-state index contributed by atoms with van der Waals surface area (Å²) in [5, 5.41) is 0. The molecule has 0 spiro atoms. The summed E-state index contributed by atoms with van der Waals surface area (Å²) in [6.45, 7) is 2.49. The zero-order valence-electron chi connectivity index (χ0n) is 9.84. The molecule has 0 radical (unpaired) electrons. The zero-order chi connectivity index (χ0) is 12.4. The molecular formula is C14H13BrN2O. The van der Waals surface area contributed by atoms with Crippen molar-refractivity contribution in [2.24, 2.45) is 0 Å². The van der Waals surface area contributed by atoms with Crippen LogP contribution in [-0.4, -0.2) is 18.1 Å². The van der Waals surface area contributed by atoms with Crippen molar-refractivity contribution in [2.75, 3.05) is 18.1 Å². The van der Waals surface area contributed by atoms with Crippen LogP contribution in [0.15, 0.2) is 47.2 Å². The first-order valence-electron chi connectivity index (χ1n) is 5.89. The third kappa shape index (κ3) is 2.34. The Morgan fingerprint density at radius 3 is 3.06 bits per heavy atom. The van der Waals surface area contributed by atoms with Crippen molar-refractivity contribution in [1.82, 2.24) is 4.98 Å². The van der Waals surface area contributed by atoms with E-state index < -0.39 is 0 Å². The van der Waals surface area contributed by atoms with Crippen LogP contribution < -0.4 is 9.64 Å². The quantitative estimate of drug-likeness (QED) is 0.851. The van der Waals surface area contributed by atoms with Gasteiger partial charge in [0.1, 0.15) is 12.4 Å². The molecule has 0 bridgehead atoms. The molecule has 1 aromatic carbocycles. The molecule has 1 aliphatic rings. The van der Waals surface area contributed by atoms with Crippen molar-refractivity contribution in [1.29, 1.82) is 0 Å². The van der Waals surface area contributed by atoms with E-state index in [0.717, 1.165) is 35.6 Å². The number of nitrogens with zero attached hydrogens (tertiary/aromatic N) is 2. The molecule has 0 N–H and O–H groups in total. The number of hydrogen-bond donors (Lipinski definition) is 0. The Hall–Kier alpha value is -1.55. The maximum absolute atomic E-state index is 5.65. The third-order valence-corrected chi connectivity index (χ3v) is 3.39. The predicted molar refractivity (Wildman–Crippen MR) is 74.9 cm³/mol. The van der Waals surface area contributed by atoms with Crippen LogP contribution in [0.3, 0.4) is 0 Å². The fourth-order valence-corrected chi connectivity index (χ4v) is 2.57. The molecule has 1 aliphatic heterocycles. The molecule has 18 heavy (non-hydrogen) atoms. The standard InChI is InChI=1S/C14H13BrN2O/c15-12-7-11(8-16-9-12)10-17-5-6-18-14-4-2-1-3-13(14)17/h1-4,7-9H,5-6,10H2. The molecule has 0 unspecified atom stereocenters. The molecule has 0 saturated heterocycles. The van der Waals surface area contributed by atoms with Crippen LogP contribution in [0.25, 0.3) is 0 Å². The van der Waals surface area contributed by atoms with Gasteiger partial charge in [0.25, 0.3) is 0 Å². The molecular weight excluding hydrogens is 292 g/mol. The normalized spacial score (nSPS) is 13.9. The van der Waals surface area contributed by atoms with Crippen LogP contribution in [0.1, 0.15) is 5.56 Å². The lowest BCUT2D eigenvalue weighted by molar-refractivity contribution is 0.307. The van der Waals surface area contributed by atoms with Gasteiger partial charge in [-0.05, 0) is 39.7 Å². The van der Waals surface area contributed by atoms with Gasteiger partial charge in [0.05, 0.1) is 12.2 Å². The molecule has 2 heterocycles. The van der Waals surface area contributed by atoms with E-state index in [0.29, 0.717) is 0 Å². The van der Waals surface area contributed by atoms with Crippen molar-refractivity contribution < 1.29 is 4.74 Å². The highest BCUT2D eigenvalue weighted by Gasteiger charge is 2.17. The maximum atomic E-state index is 5.65. The minimum absolute atomic E-state index is 0.735. The molecule has 4 heteroatoms. The second kappa shape index (κ2) is 4.98. The lowest BCUT2D eigenvalue weighted by Gasteiger charge is -2.31. The highest BCUT2D eigenvalue weighted by atomic mass is 79.9. The van der Waals surface area contributed by atoms with Crippen LogP contribution in [0.4, 0.5) is 5.69 Å². The monoisotopic (exact) mass is 304 g/mol. The summed E-state index contributed by atoms with van der Waals surface area (Å²) in [7, 11) is 0. The van der Waals surface area contributed by atoms with Gasteiger partial charge in [-0.15, -0.1) is 0 Å². The molecule has 2 aromatic rings. The van der Waals surface area contributed by atoms with Crippen molar-refractivity contribution in [3.63, 3.8) is 0 Å². The Morgan fingerprint density at radius 2 is 2.17 bits per heavy atom. The first kappa shape index (κ1) is 11.5. The number of rotatable bonds is 2. The molecule has 0 amide bonds. The average molecular weight is 305 g/mol. The van der Waals surface area contributed by atoms with Gasteiger partial charge in [-0.3, -0.25) is 4.98 Å². The summed E-state index contributed by atoms with van der Waals surface area (Å²) in [5.74, 6) is 0.965. The minimum atomic E-state index is 0.735. The van der Waals surface area contributed by atoms with Crippen LogP contribution in [0.5, 0.6) is 5.75 Å². The van der Waals surface area contributed by atoms with Crippen molar-refractivity contribution >= 4 is 21.6 Å². The van der Waals surface area contributed by atoms with Gasteiger partial charge in [0.2, 0.25) is 0 Å². The fraction of sp³-hybridized carbons (Fsp3) is 0.214. The average Bonchev–Trinajstić information content (AvgIpc) is 2.39. The highest BCUT2D eigenvalue weighted by molar-refractivity contribution is 9.10. The Balaban J connectivity index is 1.86. The van der Waals surface area contributed by atoms with Gasteiger partial charge in [0.15, 0.2) is 0 Å². The fourth-order valence-electron chi connectivity index (χ4n) is 2.15. The van der Waals surface area contributed by atoms with E-state index in [4.69, 9.17) is 4.74 Å². The number of para-hydroxylation sites is 2. The van der Waals surface area contributed by atoms with Crippen molar-refractivity contribution in [3.05, 3.63) is 52.8 Å². The molecule has 3 rings (SSSR count). The summed E-state index contributed by atoms with van der Waals surface area (Å²) in [4.78, 5) is 6.52. The molecule has 0 atom stereocenters. The molecule has 3 nitrogen and oxygen atoms in total. The van der Waals surface area contributed by atoms with Crippen molar-refractivity contribution in [2.45, 2.75) is 6.54 Å². The Kier molecular flexibility index (Phi) is 3.19. The molecule has 0 aliphatic carbocycles. The summed E-state index contributed by atoms with van der Waals surface area (Å²) >= 11 is 3.45.